The number of ether oxygens (including phenoxy) is 2. The van der Waals surface area contributed by atoms with Crippen LogP contribution in [-0.4, -0.2) is 70.4 Å². The Morgan fingerprint density at radius 1 is 0.526 bits per heavy atom. The van der Waals surface area contributed by atoms with Crippen molar-refractivity contribution >= 4 is 27.6 Å². The van der Waals surface area contributed by atoms with Crippen LogP contribution in [0.4, 0.5) is 0 Å². The van der Waals surface area contributed by atoms with Crippen molar-refractivity contribution < 1.29 is 61.6 Å². The van der Waals surface area contributed by atoms with Gasteiger partial charge in [0.15, 0.2) is 6.10 Å². The van der Waals surface area contributed by atoms with Crippen LogP contribution in [0, 0.1) is 0 Å². The SMILES string of the molecule is CCC=CCC=CCC=CCCCCCCCC(=O)OC(COC(=O)CCCCC=CCC=CCC=CCCCCC)COP(=O)(O)OCC(O)COP(=O)(O)O. The Kier molecular flexibility index (Phi) is 36.2. The van der Waals surface area contributed by atoms with E-state index in [0.717, 1.165) is 83.5 Å². The molecule has 0 aliphatic heterocycles. The van der Waals surface area contributed by atoms with E-state index in [1.165, 1.54) is 19.3 Å². The summed E-state index contributed by atoms with van der Waals surface area (Å²) in [4.78, 5) is 52.6. The second-order valence-corrected chi connectivity index (χ2v) is 16.2. The molecule has 0 saturated heterocycles. The Morgan fingerprint density at radius 2 is 0.965 bits per heavy atom. The summed E-state index contributed by atoms with van der Waals surface area (Å²) in [6, 6.07) is 0. The quantitative estimate of drug-likeness (QED) is 0.0199. The second-order valence-electron chi connectivity index (χ2n) is 13.5. The summed E-state index contributed by atoms with van der Waals surface area (Å²) in [5.41, 5.74) is 0. The molecule has 57 heavy (non-hydrogen) atoms. The summed E-state index contributed by atoms with van der Waals surface area (Å²) in [6.07, 6.45) is 40.4. The van der Waals surface area contributed by atoms with Crippen LogP contribution in [0.2, 0.25) is 0 Å². The molecule has 3 atom stereocenters. The van der Waals surface area contributed by atoms with Crippen LogP contribution in [0.3, 0.4) is 0 Å². The van der Waals surface area contributed by atoms with Gasteiger partial charge < -0.3 is 29.3 Å². The molecule has 0 aromatic carbocycles. The number of esters is 2. The molecular formula is C42H72O13P2. The van der Waals surface area contributed by atoms with Gasteiger partial charge in [-0.05, 0) is 83.5 Å². The van der Waals surface area contributed by atoms with Gasteiger partial charge in [0.25, 0.3) is 0 Å². The predicted octanol–water partition coefficient (Wildman–Crippen LogP) is 10.2. The van der Waals surface area contributed by atoms with Crippen LogP contribution in [0.25, 0.3) is 0 Å². The second kappa shape index (κ2) is 37.8. The number of hydrogen-bond donors (Lipinski definition) is 4. The van der Waals surface area contributed by atoms with Crippen LogP contribution in [-0.2, 0) is 41.8 Å². The van der Waals surface area contributed by atoms with Crippen LogP contribution in [0.15, 0.2) is 72.9 Å². The molecule has 0 amide bonds. The average molecular weight is 847 g/mol. The highest BCUT2D eigenvalue weighted by Crippen LogP contribution is 2.43. The van der Waals surface area contributed by atoms with Gasteiger partial charge in [-0.1, -0.05) is 119 Å². The minimum atomic E-state index is -4.87. The maximum atomic E-state index is 12.6. The van der Waals surface area contributed by atoms with E-state index in [1.54, 1.807) is 0 Å². The summed E-state index contributed by atoms with van der Waals surface area (Å²) < 4.78 is 47.6. The highest BCUT2D eigenvalue weighted by molar-refractivity contribution is 7.47. The minimum absolute atomic E-state index is 0.0999. The van der Waals surface area contributed by atoms with Gasteiger partial charge >= 0.3 is 27.6 Å². The first kappa shape index (κ1) is 54.6. The number of aliphatic hydroxyl groups excluding tert-OH is 1. The standard InChI is InChI=1S/C42H72O13P2/c1-3-5-7-9-11-13-15-17-19-21-23-25-27-29-31-33-41(44)51-37-40(38-54-57(49,50)53-36-39(43)35-52-56(46,47)48)55-42(45)34-32-30-28-26-24-22-20-18-16-14-12-10-8-6-4-2/h6,8,11-14,17-20,23,25,39-40,43H,3-5,7,9-10,15-16,21-22,24,26-38H2,1-2H3,(H,49,50)(H2,46,47,48). The number of carbonyl (C=O) groups excluding carboxylic acids is 2. The van der Waals surface area contributed by atoms with E-state index >= 15 is 0 Å². The number of rotatable bonds is 38. The van der Waals surface area contributed by atoms with E-state index in [-0.39, 0.29) is 12.8 Å². The molecule has 3 unspecified atom stereocenters. The zero-order valence-electron chi connectivity index (χ0n) is 34.4. The minimum Gasteiger partial charge on any atom is -0.462 e. The lowest BCUT2D eigenvalue weighted by Gasteiger charge is -2.20. The number of aliphatic hydroxyl groups is 1. The van der Waals surface area contributed by atoms with E-state index in [1.807, 2.05) is 0 Å². The van der Waals surface area contributed by atoms with Gasteiger partial charge in [-0.3, -0.25) is 23.2 Å². The van der Waals surface area contributed by atoms with Crippen LogP contribution in [0.1, 0.15) is 142 Å². The Hall–Kier alpha value is -2.44. The Labute approximate surface area is 342 Å². The fourth-order valence-corrected chi connectivity index (χ4v) is 6.11. The molecule has 0 saturated carbocycles. The number of phosphoric acid groups is 2. The Balaban J connectivity index is 4.66. The first-order valence-corrected chi connectivity index (χ1v) is 23.7. The molecule has 0 radical (unpaired) electrons. The Bertz CT molecular complexity index is 1290. The van der Waals surface area contributed by atoms with Crippen molar-refractivity contribution in [1.29, 1.82) is 0 Å². The molecule has 4 N–H and O–H groups in total. The molecule has 0 spiro atoms. The van der Waals surface area contributed by atoms with E-state index in [0.29, 0.717) is 12.8 Å². The zero-order chi connectivity index (χ0) is 42.3. The maximum Gasteiger partial charge on any atom is 0.472 e. The van der Waals surface area contributed by atoms with Gasteiger partial charge in [-0.2, -0.15) is 0 Å². The van der Waals surface area contributed by atoms with Crippen molar-refractivity contribution in [3.8, 4) is 0 Å². The first-order chi connectivity index (χ1) is 27.4. The molecule has 13 nitrogen and oxygen atoms in total. The number of hydrogen-bond acceptors (Lipinski definition) is 10. The smallest absolute Gasteiger partial charge is 0.462 e. The molecule has 0 aliphatic carbocycles. The highest BCUT2D eigenvalue weighted by Gasteiger charge is 2.28. The largest absolute Gasteiger partial charge is 0.472 e. The summed E-state index contributed by atoms with van der Waals surface area (Å²) in [6.45, 7) is 1.53. The third-order valence-electron chi connectivity index (χ3n) is 8.07. The molecule has 15 heteroatoms. The number of carbonyl (C=O) groups is 2. The molecule has 0 aromatic heterocycles. The molecular weight excluding hydrogens is 774 g/mol. The lowest BCUT2D eigenvalue weighted by atomic mass is 10.1. The average Bonchev–Trinajstić information content (AvgIpc) is 3.17. The van der Waals surface area contributed by atoms with E-state index in [4.69, 9.17) is 23.8 Å². The summed E-state index contributed by atoms with van der Waals surface area (Å²) in [7, 11) is -9.69. The van der Waals surface area contributed by atoms with Crippen LogP contribution < -0.4 is 0 Å². The monoisotopic (exact) mass is 846 g/mol. The van der Waals surface area contributed by atoms with Crippen molar-refractivity contribution in [3.63, 3.8) is 0 Å². The third kappa shape index (κ3) is 41.5. The normalized spacial score (nSPS) is 14.8. The molecule has 328 valence electrons. The maximum absolute atomic E-state index is 12.6. The van der Waals surface area contributed by atoms with E-state index in [9.17, 15) is 28.7 Å². The fourth-order valence-electron chi connectivity index (χ4n) is 4.95. The topological polar surface area (TPSA) is 195 Å². The molecule has 0 bridgehead atoms. The summed E-state index contributed by atoms with van der Waals surface area (Å²) in [5, 5.41) is 9.73. The Morgan fingerprint density at radius 3 is 1.53 bits per heavy atom. The van der Waals surface area contributed by atoms with Gasteiger partial charge in [-0.15, -0.1) is 0 Å². The van der Waals surface area contributed by atoms with Crippen molar-refractivity contribution in [3.05, 3.63) is 72.9 Å². The van der Waals surface area contributed by atoms with Crippen molar-refractivity contribution in [2.24, 2.45) is 0 Å². The van der Waals surface area contributed by atoms with Crippen molar-refractivity contribution in [2.45, 2.75) is 154 Å². The third-order valence-corrected chi connectivity index (χ3v) is 9.51. The molecule has 0 aromatic rings. The number of phosphoric ester groups is 2. The summed E-state index contributed by atoms with van der Waals surface area (Å²) >= 11 is 0. The van der Waals surface area contributed by atoms with E-state index in [2.05, 4.69) is 95.8 Å². The molecule has 0 aliphatic rings. The van der Waals surface area contributed by atoms with Gasteiger partial charge in [0.2, 0.25) is 0 Å². The fraction of sp³-hybridized carbons (Fsp3) is 0.667. The zero-order valence-corrected chi connectivity index (χ0v) is 36.2. The van der Waals surface area contributed by atoms with Gasteiger partial charge in [0.1, 0.15) is 12.7 Å². The van der Waals surface area contributed by atoms with Crippen LogP contribution >= 0.6 is 15.6 Å². The van der Waals surface area contributed by atoms with E-state index < -0.39 is 66.2 Å². The predicted molar refractivity (Wildman–Crippen MR) is 225 cm³/mol. The molecule has 0 heterocycles. The van der Waals surface area contributed by atoms with Gasteiger partial charge in [-0.25, -0.2) is 9.13 Å². The molecule has 0 rings (SSSR count). The van der Waals surface area contributed by atoms with Crippen molar-refractivity contribution in [1.82, 2.24) is 0 Å². The number of allylic oxidation sites excluding steroid dienone is 12. The van der Waals surface area contributed by atoms with Gasteiger partial charge in [0, 0.05) is 12.8 Å². The van der Waals surface area contributed by atoms with Crippen molar-refractivity contribution in [2.75, 3.05) is 26.4 Å². The lowest BCUT2D eigenvalue weighted by Crippen LogP contribution is -2.30. The lowest BCUT2D eigenvalue weighted by molar-refractivity contribution is -0.161. The van der Waals surface area contributed by atoms with Gasteiger partial charge in [0.05, 0.1) is 19.8 Å². The summed E-state index contributed by atoms with van der Waals surface area (Å²) in [5.74, 6) is -1.10. The molecule has 0 fully saturated rings. The highest BCUT2D eigenvalue weighted by atomic mass is 31.2. The van der Waals surface area contributed by atoms with Crippen LogP contribution in [0.5, 0.6) is 0 Å². The first-order valence-electron chi connectivity index (χ1n) is 20.6. The number of unbranched alkanes of at least 4 members (excludes halogenated alkanes) is 10.